The van der Waals surface area contributed by atoms with Crippen molar-refractivity contribution in [1.29, 1.82) is 0 Å². The Bertz CT molecular complexity index is 757. The van der Waals surface area contributed by atoms with Crippen LogP contribution >= 0.6 is 0 Å². The molecular formula is C26H36O3Si. The van der Waals surface area contributed by atoms with E-state index in [0.29, 0.717) is 25.6 Å². The van der Waals surface area contributed by atoms with Crippen molar-refractivity contribution in [3.05, 3.63) is 72.8 Å². The van der Waals surface area contributed by atoms with Crippen LogP contribution in [0.25, 0.3) is 0 Å². The molecule has 162 valence electrons. The molecular weight excluding hydrogens is 388 g/mol. The molecule has 4 heteroatoms. The second-order valence-electron chi connectivity index (χ2n) is 9.40. The van der Waals surface area contributed by atoms with Crippen molar-refractivity contribution in [3.8, 4) is 0 Å². The van der Waals surface area contributed by atoms with Crippen LogP contribution in [0.3, 0.4) is 0 Å². The molecule has 0 radical (unpaired) electrons. The molecule has 1 aliphatic heterocycles. The lowest BCUT2D eigenvalue weighted by molar-refractivity contribution is 0.0207. The summed E-state index contributed by atoms with van der Waals surface area (Å²) in [5.41, 5.74) is 0. The predicted octanol–water partition coefficient (Wildman–Crippen LogP) is 4.30. The summed E-state index contributed by atoms with van der Waals surface area (Å²) in [6.45, 7) is 10.1. The summed E-state index contributed by atoms with van der Waals surface area (Å²) in [6.07, 6.45) is 5.62. The monoisotopic (exact) mass is 424 g/mol. The summed E-state index contributed by atoms with van der Waals surface area (Å²) >= 11 is 0. The second-order valence-corrected chi connectivity index (χ2v) is 13.7. The summed E-state index contributed by atoms with van der Waals surface area (Å²) in [4.78, 5) is 0. The van der Waals surface area contributed by atoms with Gasteiger partial charge in [0.05, 0.1) is 18.8 Å². The molecule has 0 bridgehead atoms. The van der Waals surface area contributed by atoms with E-state index in [1.54, 1.807) is 6.92 Å². The van der Waals surface area contributed by atoms with E-state index in [-0.39, 0.29) is 17.2 Å². The van der Waals surface area contributed by atoms with E-state index in [0.717, 1.165) is 6.42 Å². The molecule has 1 aliphatic rings. The van der Waals surface area contributed by atoms with E-state index in [9.17, 15) is 5.11 Å². The zero-order valence-corrected chi connectivity index (χ0v) is 19.8. The summed E-state index contributed by atoms with van der Waals surface area (Å²) in [5.74, 6) is 0.355. The Kier molecular flexibility index (Phi) is 7.69. The van der Waals surface area contributed by atoms with Crippen molar-refractivity contribution in [2.45, 2.75) is 57.8 Å². The smallest absolute Gasteiger partial charge is 0.261 e. The van der Waals surface area contributed by atoms with Gasteiger partial charge in [0.2, 0.25) is 0 Å². The number of benzene rings is 2. The molecule has 1 heterocycles. The first-order valence-electron chi connectivity index (χ1n) is 11.1. The van der Waals surface area contributed by atoms with Crippen LogP contribution in [0.1, 0.15) is 40.5 Å². The molecule has 1 N–H and O–H groups in total. The van der Waals surface area contributed by atoms with E-state index >= 15 is 0 Å². The summed E-state index contributed by atoms with van der Waals surface area (Å²) < 4.78 is 12.9. The van der Waals surface area contributed by atoms with Crippen molar-refractivity contribution in [2.75, 3.05) is 13.2 Å². The van der Waals surface area contributed by atoms with Crippen LogP contribution in [-0.2, 0) is 9.16 Å². The predicted molar refractivity (Wildman–Crippen MR) is 127 cm³/mol. The van der Waals surface area contributed by atoms with Gasteiger partial charge in [0, 0.05) is 18.9 Å². The standard InChI is InChI=1S/C26H36O3Si/c1-21(27)19-23-16-15-22(20-28-23)17-18-29-30(26(2,3)4,24-11-7-5-8-12-24)25-13-9-6-10-14-25/h5-16,21-23,27H,17-20H2,1-4H3/t21?,22-,23+/m0/s1. The highest BCUT2D eigenvalue weighted by Crippen LogP contribution is 2.37. The second kappa shape index (κ2) is 10.1. The quantitative estimate of drug-likeness (QED) is 0.507. The van der Waals surface area contributed by atoms with E-state index in [4.69, 9.17) is 9.16 Å². The molecule has 3 atom stereocenters. The zero-order chi connectivity index (χ0) is 21.6. The lowest BCUT2D eigenvalue weighted by atomic mass is 10.0. The number of hydrogen-bond donors (Lipinski definition) is 1. The third-order valence-corrected chi connectivity index (χ3v) is 11.0. The fraction of sp³-hybridized carbons (Fsp3) is 0.462. The highest BCUT2D eigenvalue weighted by molar-refractivity contribution is 6.99. The fourth-order valence-corrected chi connectivity index (χ4v) is 9.01. The first-order valence-corrected chi connectivity index (χ1v) is 13.0. The van der Waals surface area contributed by atoms with Gasteiger partial charge in [-0.3, -0.25) is 0 Å². The highest BCUT2D eigenvalue weighted by Gasteiger charge is 2.50. The van der Waals surface area contributed by atoms with E-state index in [1.165, 1.54) is 10.4 Å². The largest absolute Gasteiger partial charge is 0.407 e. The first-order chi connectivity index (χ1) is 14.3. The Morgan fingerprint density at radius 3 is 2.00 bits per heavy atom. The number of aliphatic hydroxyl groups excluding tert-OH is 1. The third-order valence-electron chi connectivity index (χ3n) is 5.92. The molecule has 0 aromatic heterocycles. The van der Waals surface area contributed by atoms with Gasteiger partial charge in [-0.05, 0) is 28.8 Å². The Labute approximate surface area is 182 Å². The molecule has 2 aromatic rings. The Hall–Kier alpha value is -1.72. The molecule has 3 rings (SSSR count). The van der Waals surface area contributed by atoms with Crippen LogP contribution in [0, 0.1) is 5.92 Å². The van der Waals surface area contributed by atoms with Crippen molar-refractivity contribution in [3.63, 3.8) is 0 Å². The van der Waals surface area contributed by atoms with Crippen LogP contribution in [0.15, 0.2) is 72.8 Å². The van der Waals surface area contributed by atoms with Crippen LogP contribution in [0.5, 0.6) is 0 Å². The van der Waals surface area contributed by atoms with Gasteiger partial charge in [-0.2, -0.15) is 0 Å². The Morgan fingerprint density at radius 2 is 1.57 bits per heavy atom. The summed E-state index contributed by atoms with van der Waals surface area (Å²) in [5, 5.41) is 12.2. The van der Waals surface area contributed by atoms with E-state index in [2.05, 4.69) is 93.6 Å². The van der Waals surface area contributed by atoms with Crippen molar-refractivity contribution >= 4 is 18.7 Å². The number of ether oxygens (including phenoxy) is 1. The molecule has 0 amide bonds. The van der Waals surface area contributed by atoms with Gasteiger partial charge in [0.15, 0.2) is 0 Å². The van der Waals surface area contributed by atoms with Gasteiger partial charge in [0.25, 0.3) is 8.32 Å². The molecule has 30 heavy (non-hydrogen) atoms. The molecule has 2 aromatic carbocycles. The maximum atomic E-state index is 9.56. The van der Waals surface area contributed by atoms with Crippen LogP contribution in [0.4, 0.5) is 0 Å². The molecule has 1 unspecified atom stereocenters. The minimum Gasteiger partial charge on any atom is -0.407 e. The minimum atomic E-state index is -2.47. The topological polar surface area (TPSA) is 38.7 Å². The van der Waals surface area contributed by atoms with Crippen LogP contribution < -0.4 is 10.4 Å². The number of aliphatic hydroxyl groups is 1. The Morgan fingerprint density at radius 1 is 1.00 bits per heavy atom. The van der Waals surface area contributed by atoms with Gasteiger partial charge in [0.1, 0.15) is 0 Å². The van der Waals surface area contributed by atoms with Crippen LogP contribution in [0.2, 0.25) is 5.04 Å². The molecule has 0 saturated carbocycles. The van der Waals surface area contributed by atoms with Gasteiger partial charge < -0.3 is 14.3 Å². The molecule has 0 saturated heterocycles. The van der Waals surface area contributed by atoms with Crippen molar-refractivity contribution in [1.82, 2.24) is 0 Å². The van der Waals surface area contributed by atoms with Crippen molar-refractivity contribution in [2.24, 2.45) is 5.92 Å². The minimum absolute atomic E-state index is 0.00301. The lowest BCUT2D eigenvalue weighted by Crippen LogP contribution is -2.66. The molecule has 0 aliphatic carbocycles. The normalized spacial score (nSPS) is 20.8. The van der Waals surface area contributed by atoms with Crippen LogP contribution in [-0.4, -0.2) is 38.8 Å². The Balaban J connectivity index is 1.79. The highest BCUT2D eigenvalue weighted by atomic mass is 28.4. The molecule has 3 nitrogen and oxygen atoms in total. The zero-order valence-electron chi connectivity index (χ0n) is 18.8. The van der Waals surface area contributed by atoms with Gasteiger partial charge in [-0.1, -0.05) is 93.6 Å². The molecule has 0 fully saturated rings. The summed E-state index contributed by atoms with van der Waals surface area (Å²) in [6, 6.07) is 21.6. The van der Waals surface area contributed by atoms with Gasteiger partial charge >= 0.3 is 0 Å². The maximum absolute atomic E-state index is 9.56. The lowest BCUT2D eigenvalue weighted by Gasteiger charge is -2.43. The number of hydrogen-bond acceptors (Lipinski definition) is 3. The maximum Gasteiger partial charge on any atom is 0.261 e. The fourth-order valence-electron chi connectivity index (χ4n) is 4.43. The third kappa shape index (κ3) is 5.30. The number of rotatable bonds is 8. The summed E-state index contributed by atoms with van der Waals surface area (Å²) in [7, 11) is -2.47. The van der Waals surface area contributed by atoms with E-state index in [1.807, 2.05) is 0 Å². The SMILES string of the molecule is CC(O)C[C@H]1C=C[C@@H](CCO[Si](c2ccccc2)(c2ccccc2)C(C)(C)C)CO1. The van der Waals surface area contributed by atoms with Gasteiger partial charge in [-0.25, -0.2) is 0 Å². The van der Waals surface area contributed by atoms with Gasteiger partial charge in [-0.15, -0.1) is 0 Å². The van der Waals surface area contributed by atoms with Crippen molar-refractivity contribution < 1.29 is 14.3 Å². The molecule has 0 spiro atoms. The average molecular weight is 425 g/mol. The average Bonchev–Trinajstić information content (AvgIpc) is 2.72. The first kappa shape index (κ1) is 23.0. The van der Waals surface area contributed by atoms with E-state index < -0.39 is 8.32 Å².